The van der Waals surface area contributed by atoms with Gasteiger partial charge in [0.25, 0.3) is 0 Å². The molecule has 0 aromatic carbocycles. The monoisotopic (exact) mass is 321 g/mol. The van der Waals surface area contributed by atoms with Crippen molar-refractivity contribution in [3.8, 4) is 10.6 Å². The van der Waals surface area contributed by atoms with Gasteiger partial charge in [0.1, 0.15) is 10.7 Å². The molecule has 1 N–H and O–H groups in total. The molecule has 0 fully saturated rings. The SMILES string of the molecule is Cc1nc(C)c(-c2c(C(=O)O)nnn2Cc2nccs2)s1. The zero-order chi connectivity index (χ0) is 15.0. The van der Waals surface area contributed by atoms with Crippen LogP contribution in [0.1, 0.15) is 26.2 Å². The van der Waals surface area contributed by atoms with Crippen LogP contribution in [-0.4, -0.2) is 36.0 Å². The first-order chi connectivity index (χ1) is 10.1. The van der Waals surface area contributed by atoms with Gasteiger partial charge in [-0.1, -0.05) is 5.21 Å². The maximum Gasteiger partial charge on any atom is 0.358 e. The first kappa shape index (κ1) is 13.8. The first-order valence-corrected chi connectivity index (χ1v) is 7.75. The van der Waals surface area contributed by atoms with Gasteiger partial charge < -0.3 is 5.11 Å². The van der Waals surface area contributed by atoms with E-state index in [1.165, 1.54) is 22.7 Å². The molecule has 0 spiro atoms. The number of aryl methyl sites for hydroxylation is 2. The third kappa shape index (κ3) is 2.57. The lowest BCUT2D eigenvalue weighted by Gasteiger charge is -2.04. The van der Waals surface area contributed by atoms with Crippen molar-refractivity contribution >= 4 is 28.6 Å². The smallest absolute Gasteiger partial charge is 0.358 e. The topological polar surface area (TPSA) is 93.8 Å². The molecule has 7 nitrogen and oxygen atoms in total. The molecule has 3 heterocycles. The molecule has 3 rings (SSSR count). The summed E-state index contributed by atoms with van der Waals surface area (Å²) in [6, 6.07) is 0. The second-order valence-corrected chi connectivity index (χ2v) is 6.51. The van der Waals surface area contributed by atoms with Crippen LogP contribution >= 0.6 is 22.7 Å². The van der Waals surface area contributed by atoms with Gasteiger partial charge in [0.2, 0.25) is 0 Å². The molecule has 0 saturated heterocycles. The number of carboxylic acid groups (broad SMARTS) is 1. The molecule has 3 aromatic rings. The Labute approximate surface area is 127 Å². The van der Waals surface area contributed by atoms with E-state index >= 15 is 0 Å². The summed E-state index contributed by atoms with van der Waals surface area (Å²) in [5.74, 6) is -1.10. The molecule has 0 bridgehead atoms. The Morgan fingerprint density at radius 2 is 2.24 bits per heavy atom. The largest absolute Gasteiger partial charge is 0.476 e. The van der Waals surface area contributed by atoms with E-state index in [0.717, 1.165) is 20.6 Å². The third-order valence-electron chi connectivity index (χ3n) is 2.82. The molecule has 0 unspecified atom stereocenters. The summed E-state index contributed by atoms with van der Waals surface area (Å²) in [6.07, 6.45) is 1.71. The van der Waals surface area contributed by atoms with Crippen molar-refractivity contribution in [2.45, 2.75) is 20.4 Å². The summed E-state index contributed by atoms with van der Waals surface area (Å²) in [5, 5.41) is 20.7. The predicted molar refractivity (Wildman–Crippen MR) is 78.8 cm³/mol. The third-order valence-corrected chi connectivity index (χ3v) is 4.67. The number of nitrogens with zero attached hydrogens (tertiary/aromatic N) is 5. The van der Waals surface area contributed by atoms with E-state index in [-0.39, 0.29) is 5.69 Å². The van der Waals surface area contributed by atoms with E-state index in [0.29, 0.717) is 12.2 Å². The van der Waals surface area contributed by atoms with Gasteiger partial charge in [-0.05, 0) is 13.8 Å². The highest BCUT2D eigenvalue weighted by molar-refractivity contribution is 7.15. The first-order valence-electron chi connectivity index (χ1n) is 6.06. The van der Waals surface area contributed by atoms with Crippen LogP contribution < -0.4 is 0 Å². The van der Waals surface area contributed by atoms with Crippen LogP contribution in [0.4, 0.5) is 0 Å². The number of carboxylic acids is 1. The number of hydrogen-bond donors (Lipinski definition) is 1. The standard InChI is InChI=1S/C12H11N5O2S2/c1-6-11(21-7(2)14-6)10-9(12(18)19)15-16-17(10)5-8-13-3-4-20-8/h3-4H,5H2,1-2H3,(H,18,19). The maximum atomic E-state index is 11.4. The summed E-state index contributed by atoms with van der Waals surface area (Å²) in [5.41, 5.74) is 1.21. The minimum absolute atomic E-state index is 0.0571. The lowest BCUT2D eigenvalue weighted by Crippen LogP contribution is -2.05. The molecule has 0 amide bonds. The van der Waals surface area contributed by atoms with E-state index in [1.807, 2.05) is 19.2 Å². The lowest BCUT2D eigenvalue weighted by molar-refractivity contribution is 0.0691. The van der Waals surface area contributed by atoms with Crippen molar-refractivity contribution in [3.05, 3.63) is 33.0 Å². The van der Waals surface area contributed by atoms with Crippen molar-refractivity contribution in [1.29, 1.82) is 0 Å². The van der Waals surface area contributed by atoms with Gasteiger partial charge in [-0.2, -0.15) is 0 Å². The molecular weight excluding hydrogens is 310 g/mol. The van der Waals surface area contributed by atoms with Crippen molar-refractivity contribution in [3.63, 3.8) is 0 Å². The number of thiazole rings is 2. The van der Waals surface area contributed by atoms with Gasteiger partial charge >= 0.3 is 5.97 Å². The number of hydrogen-bond acceptors (Lipinski definition) is 7. The van der Waals surface area contributed by atoms with E-state index in [4.69, 9.17) is 0 Å². The van der Waals surface area contributed by atoms with Crippen LogP contribution in [0.2, 0.25) is 0 Å². The zero-order valence-electron chi connectivity index (χ0n) is 11.3. The molecule has 0 saturated carbocycles. The normalized spacial score (nSPS) is 11.0. The Kier molecular flexibility index (Phi) is 3.52. The Morgan fingerprint density at radius 3 is 2.81 bits per heavy atom. The van der Waals surface area contributed by atoms with Crippen LogP contribution in [-0.2, 0) is 6.54 Å². The zero-order valence-corrected chi connectivity index (χ0v) is 12.9. The predicted octanol–water partition coefficient (Wildman–Crippen LogP) is 2.22. The molecule has 3 aromatic heterocycles. The minimum atomic E-state index is -1.10. The molecule has 0 atom stereocenters. The van der Waals surface area contributed by atoms with Crippen LogP contribution in [0.15, 0.2) is 11.6 Å². The summed E-state index contributed by atoms with van der Waals surface area (Å²) >= 11 is 2.93. The molecule has 21 heavy (non-hydrogen) atoms. The van der Waals surface area contributed by atoms with Gasteiger partial charge in [-0.25, -0.2) is 19.4 Å². The fourth-order valence-corrected chi connectivity index (χ4v) is 3.57. The molecule has 108 valence electrons. The van der Waals surface area contributed by atoms with Crippen LogP contribution in [0.25, 0.3) is 10.6 Å². The van der Waals surface area contributed by atoms with E-state index < -0.39 is 5.97 Å². The summed E-state index contributed by atoms with van der Waals surface area (Å²) in [7, 11) is 0. The van der Waals surface area contributed by atoms with Crippen molar-refractivity contribution in [2.24, 2.45) is 0 Å². The van der Waals surface area contributed by atoms with Gasteiger partial charge in [-0.3, -0.25) is 0 Å². The van der Waals surface area contributed by atoms with Crippen molar-refractivity contribution in [2.75, 3.05) is 0 Å². The number of aromatic nitrogens is 5. The summed E-state index contributed by atoms with van der Waals surface area (Å²) in [6.45, 7) is 4.13. The quantitative estimate of drug-likeness (QED) is 0.792. The lowest BCUT2D eigenvalue weighted by atomic mass is 10.2. The summed E-state index contributed by atoms with van der Waals surface area (Å²) in [4.78, 5) is 20.7. The molecule has 0 radical (unpaired) electrons. The summed E-state index contributed by atoms with van der Waals surface area (Å²) < 4.78 is 1.57. The Hall–Kier alpha value is -2.13. The van der Waals surface area contributed by atoms with Crippen molar-refractivity contribution in [1.82, 2.24) is 25.0 Å². The maximum absolute atomic E-state index is 11.4. The fourth-order valence-electron chi connectivity index (χ4n) is 2.00. The number of rotatable bonds is 4. The van der Waals surface area contributed by atoms with Gasteiger partial charge in [0, 0.05) is 11.6 Å². The van der Waals surface area contributed by atoms with Crippen LogP contribution in [0.5, 0.6) is 0 Å². The number of aromatic carboxylic acids is 1. The molecule has 9 heteroatoms. The molecule has 0 aliphatic heterocycles. The highest BCUT2D eigenvalue weighted by atomic mass is 32.1. The molecule has 0 aliphatic rings. The van der Waals surface area contributed by atoms with Crippen LogP contribution in [0.3, 0.4) is 0 Å². The minimum Gasteiger partial charge on any atom is -0.476 e. The van der Waals surface area contributed by atoms with Gasteiger partial charge in [-0.15, -0.1) is 27.8 Å². The van der Waals surface area contributed by atoms with Crippen LogP contribution in [0, 0.1) is 13.8 Å². The Morgan fingerprint density at radius 1 is 1.43 bits per heavy atom. The Bertz CT molecular complexity index is 791. The Balaban J connectivity index is 2.13. The van der Waals surface area contributed by atoms with E-state index in [9.17, 15) is 9.90 Å². The van der Waals surface area contributed by atoms with Crippen molar-refractivity contribution < 1.29 is 9.90 Å². The molecule has 0 aliphatic carbocycles. The average molecular weight is 321 g/mol. The second kappa shape index (κ2) is 5.34. The second-order valence-electron chi connectivity index (χ2n) is 4.32. The van der Waals surface area contributed by atoms with E-state index in [1.54, 1.807) is 10.9 Å². The van der Waals surface area contributed by atoms with Gasteiger partial charge in [0.05, 0.1) is 22.1 Å². The molecular formula is C12H11N5O2S2. The van der Waals surface area contributed by atoms with E-state index in [2.05, 4.69) is 20.3 Å². The number of carbonyl (C=O) groups is 1. The average Bonchev–Trinajstić information content (AvgIpc) is 3.11. The highest BCUT2D eigenvalue weighted by Crippen LogP contribution is 2.32. The fraction of sp³-hybridized carbons (Fsp3) is 0.250. The highest BCUT2D eigenvalue weighted by Gasteiger charge is 2.24. The van der Waals surface area contributed by atoms with Gasteiger partial charge in [0.15, 0.2) is 5.69 Å².